The molecule has 7 heteroatoms. The van der Waals surface area contributed by atoms with Gasteiger partial charge in [-0.3, -0.25) is 9.59 Å². The van der Waals surface area contributed by atoms with E-state index in [4.69, 9.17) is 9.47 Å². The molecule has 7 nitrogen and oxygen atoms in total. The van der Waals surface area contributed by atoms with Crippen LogP contribution in [-0.4, -0.2) is 67.7 Å². The summed E-state index contributed by atoms with van der Waals surface area (Å²) in [5.41, 5.74) is 0. The van der Waals surface area contributed by atoms with Crippen molar-refractivity contribution in [2.45, 2.75) is 32.6 Å². The number of rotatable bonds is 3. The van der Waals surface area contributed by atoms with Gasteiger partial charge in [0.1, 0.15) is 0 Å². The van der Waals surface area contributed by atoms with Crippen molar-refractivity contribution >= 4 is 18.0 Å². The van der Waals surface area contributed by atoms with Crippen LogP contribution in [0, 0.1) is 11.8 Å². The number of amides is 2. The van der Waals surface area contributed by atoms with Gasteiger partial charge in [-0.25, -0.2) is 4.79 Å². The summed E-state index contributed by atoms with van der Waals surface area (Å²) in [5.74, 6) is -0.113. The Labute approximate surface area is 136 Å². The number of ether oxygens (including phenoxy) is 2. The van der Waals surface area contributed by atoms with E-state index in [-0.39, 0.29) is 29.8 Å². The normalized spacial score (nSPS) is 20.3. The zero-order valence-electron chi connectivity index (χ0n) is 14.0. The summed E-state index contributed by atoms with van der Waals surface area (Å²) in [6.07, 6.45) is 2.36. The van der Waals surface area contributed by atoms with E-state index < -0.39 is 0 Å². The smallest absolute Gasteiger partial charge is 0.409 e. The minimum absolute atomic E-state index is 0.0324. The third kappa shape index (κ3) is 4.36. The number of likely N-dealkylation sites (tertiary alicyclic amines) is 2. The molecule has 0 unspecified atom stereocenters. The van der Waals surface area contributed by atoms with Gasteiger partial charge in [0.05, 0.1) is 19.6 Å². The molecule has 2 aliphatic rings. The van der Waals surface area contributed by atoms with Gasteiger partial charge in [-0.05, 0) is 32.6 Å². The van der Waals surface area contributed by atoms with Crippen molar-refractivity contribution in [1.82, 2.24) is 9.80 Å². The van der Waals surface area contributed by atoms with E-state index in [1.54, 1.807) is 11.8 Å². The number of hydrogen-bond acceptors (Lipinski definition) is 5. The fourth-order valence-corrected chi connectivity index (χ4v) is 3.29. The Hall–Kier alpha value is -1.79. The predicted octanol–water partition coefficient (Wildman–Crippen LogP) is 1.27. The van der Waals surface area contributed by atoms with Crippen LogP contribution >= 0.6 is 0 Å². The Balaban J connectivity index is 1.77. The van der Waals surface area contributed by atoms with Gasteiger partial charge in [0.2, 0.25) is 5.91 Å². The Morgan fingerprint density at radius 2 is 1.43 bits per heavy atom. The lowest BCUT2D eigenvalue weighted by Gasteiger charge is -2.36. The van der Waals surface area contributed by atoms with Crippen LogP contribution in [-0.2, 0) is 19.1 Å². The fourth-order valence-electron chi connectivity index (χ4n) is 3.29. The molecule has 2 heterocycles. The van der Waals surface area contributed by atoms with Crippen molar-refractivity contribution in [3.8, 4) is 0 Å². The minimum Gasteiger partial charge on any atom is -0.466 e. The Bertz CT molecular complexity index is 438. The predicted molar refractivity (Wildman–Crippen MR) is 82.6 cm³/mol. The van der Waals surface area contributed by atoms with Gasteiger partial charge in [-0.15, -0.1) is 0 Å². The maximum absolute atomic E-state index is 12.6. The number of methoxy groups -OCH3 is 1. The first-order valence-corrected chi connectivity index (χ1v) is 8.35. The third-order valence-corrected chi connectivity index (χ3v) is 4.70. The number of carbonyl (C=O) groups excluding carboxylic acids is 3. The molecule has 130 valence electrons. The van der Waals surface area contributed by atoms with E-state index in [1.807, 2.05) is 4.90 Å². The van der Waals surface area contributed by atoms with E-state index in [9.17, 15) is 14.4 Å². The van der Waals surface area contributed by atoms with Crippen molar-refractivity contribution in [3.05, 3.63) is 0 Å². The zero-order chi connectivity index (χ0) is 16.8. The van der Waals surface area contributed by atoms with Crippen LogP contribution in [0.5, 0.6) is 0 Å². The summed E-state index contributed by atoms with van der Waals surface area (Å²) in [4.78, 5) is 39.3. The minimum atomic E-state index is -0.328. The number of carbonyl (C=O) groups is 3. The Morgan fingerprint density at radius 1 is 0.913 bits per heavy atom. The van der Waals surface area contributed by atoms with Crippen molar-refractivity contribution in [1.29, 1.82) is 0 Å². The molecule has 0 aromatic carbocycles. The maximum Gasteiger partial charge on any atom is 0.409 e. The van der Waals surface area contributed by atoms with Gasteiger partial charge in [-0.2, -0.15) is 0 Å². The van der Waals surface area contributed by atoms with Gasteiger partial charge < -0.3 is 19.3 Å². The van der Waals surface area contributed by atoms with E-state index in [2.05, 4.69) is 0 Å². The molecule has 0 spiro atoms. The molecule has 0 bridgehead atoms. The summed E-state index contributed by atoms with van der Waals surface area (Å²) in [6, 6.07) is 0. The molecule has 2 fully saturated rings. The zero-order valence-corrected chi connectivity index (χ0v) is 14.0. The third-order valence-electron chi connectivity index (χ3n) is 4.70. The Morgan fingerprint density at radius 3 is 1.96 bits per heavy atom. The lowest BCUT2D eigenvalue weighted by Crippen LogP contribution is -2.47. The first kappa shape index (κ1) is 17.6. The molecule has 0 saturated carbocycles. The van der Waals surface area contributed by atoms with E-state index in [0.717, 1.165) is 0 Å². The monoisotopic (exact) mass is 326 g/mol. The molecule has 0 aromatic rings. The molecular weight excluding hydrogens is 300 g/mol. The van der Waals surface area contributed by atoms with Gasteiger partial charge >= 0.3 is 12.1 Å². The van der Waals surface area contributed by atoms with Crippen LogP contribution < -0.4 is 0 Å². The molecule has 0 aliphatic carbocycles. The van der Waals surface area contributed by atoms with E-state index in [0.29, 0.717) is 58.5 Å². The summed E-state index contributed by atoms with van der Waals surface area (Å²) in [5, 5.41) is 0. The Kier molecular flexibility index (Phi) is 6.24. The highest BCUT2D eigenvalue weighted by atomic mass is 16.5. The number of nitrogens with zero attached hydrogens (tertiary/aromatic N) is 2. The van der Waals surface area contributed by atoms with Crippen molar-refractivity contribution in [2.75, 3.05) is 39.9 Å². The summed E-state index contributed by atoms with van der Waals surface area (Å²) in [6.45, 7) is 4.54. The van der Waals surface area contributed by atoms with Gasteiger partial charge in [0.25, 0.3) is 0 Å². The molecule has 2 amide bonds. The van der Waals surface area contributed by atoms with E-state index in [1.165, 1.54) is 7.11 Å². The highest BCUT2D eigenvalue weighted by molar-refractivity contribution is 5.80. The second-order valence-corrected chi connectivity index (χ2v) is 6.08. The molecule has 0 N–H and O–H groups in total. The molecule has 0 aromatic heterocycles. The number of hydrogen-bond donors (Lipinski definition) is 0. The van der Waals surface area contributed by atoms with Crippen LogP contribution in [0.25, 0.3) is 0 Å². The quantitative estimate of drug-likeness (QED) is 0.730. The number of piperidine rings is 2. The largest absolute Gasteiger partial charge is 0.466 e. The average Bonchev–Trinajstić information content (AvgIpc) is 2.61. The van der Waals surface area contributed by atoms with E-state index >= 15 is 0 Å². The van der Waals surface area contributed by atoms with Crippen molar-refractivity contribution in [3.63, 3.8) is 0 Å². The standard InChI is InChI=1S/C16H26N2O5/c1-3-23-15(20)13-6-8-17(9-7-13)14(19)12-4-10-18(11-5-12)16(21)22-2/h12-13H,3-11H2,1-2H3. The highest BCUT2D eigenvalue weighted by Gasteiger charge is 2.33. The van der Waals surface area contributed by atoms with Crippen molar-refractivity contribution < 1.29 is 23.9 Å². The summed E-state index contributed by atoms with van der Waals surface area (Å²) >= 11 is 0. The van der Waals surface area contributed by atoms with Crippen LogP contribution in [0.3, 0.4) is 0 Å². The molecule has 2 aliphatic heterocycles. The summed E-state index contributed by atoms with van der Waals surface area (Å²) in [7, 11) is 1.37. The maximum atomic E-state index is 12.6. The second kappa shape index (κ2) is 8.17. The molecule has 23 heavy (non-hydrogen) atoms. The lowest BCUT2D eigenvalue weighted by molar-refractivity contribution is -0.152. The van der Waals surface area contributed by atoms with Crippen LogP contribution in [0.1, 0.15) is 32.6 Å². The lowest BCUT2D eigenvalue weighted by atomic mass is 9.92. The SMILES string of the molecule is CCOC(=O)C1CCN(C(=O)C2CCN(C(=O)OC)CC2)CC1. The topological polar surface area (TPSA) is 76.2 Å². The molecule has 0 radical (unpaired) electrons. The van der Waals surface area contributed by atoms with Gasteiger partial charge in [0.15, 0.2) is 0 Å². The molecule has 2 saturated heterocycles. The van der Waals surface area contributed by atoms with Crippen LogP contribution in [0.4, 0.5) is 4.79 Å². The van der Waals surface area contributed by atoms with Crippen molar-refractivity contribution in [2.24, 2.45) is 11.8 Å². The highest BCUT2D eigenvalue weighted by Crippen LogP contribution is 2.24. The van der Waals surface area contributed by atoms with Gasteiger partial charge in [-0.1, -0.05) is 0 Å². The average molecular weight is 326 g/mol. The summed E-state index contributed by atoms with van der Waals surface area (Å²) < 4.78 is 9.75. The van der Waals surface area contributed by atoms with Gasteiger partial charge in [0, 0.05) is 32.1 Å². The first-order chi connectivity index (χ1) is 11.1. The molecule has 0 atom stereocenters. The van der Waals surface area contributed by atoms with Crippen LogP contribution in [0.2, 0.25) is 0 Å². The first-order valence-electron chi connectivity index (χ1n) is 8.35. The number of esters is 1. The molecular formula is C16H26N2O5. The second-order valence-electron chi connectivity index (χ2n) is 6.08. The fraction of sp³-hybridized carbons (Fsp3) is 0.812. The molecule has 2 rings (SSSR count). The van der Waals surface area contributed by atoms with Crippen LogP contribution in [0.15, 0.2) is 0 Å².